The minimum atomic E-state index is -0.596. The van der Waals surface area contributed by atoms with E-state index < -0.39 is 6.10 Å². The first-order chi connectivity index (χ1) is 12.3. The van der Waals surface area contributed by atoms with Crippen LogP contribution >= 0.6 is 0 Å². The van der Waals surface area contributed by atoms with E-state index in [1.807, 2.05) is 54.6 Å². The molecule has 0 bridgehead atoms. The van der Waals surface area contributed by atoms with Crippen molar-refractivity contribution in [2.75, 3.05) is 11.9 Å². The Morgan fingerprint density at radius 2 is 1.76 bits per heavy atom. The van der Waals surface area contributed by atoms with Gasteiger partial charge in [0.2, 0.25) is 0 Å². The van der Waals surface area contributed by atoms with E-state index in [0.717, 1.165) is 29.7 Å². The predicted octanol–water partition coefficient (Wildman–Crippen LogP) is 3.86. The number of amides is 1. The molecule has 1 aliphatic carbocycles. The van der Waals surface area contributed by atoms with Gasteiger partial charge in [-0.15, -0.1) is 0 Å². The summed E-state index contributed by atoms with van der Waals surface area (Å²) in [4.78, 5) is 12.8. The van der Waals surface area contributed by atoms with Crippen LogP contribution in [-0.4, -0.2) is 23.7 Å². The van der Waals surface area contributed by atoms with E-state index in [0.29, 0.717) is 6.42 Å². The van der Waals surface area contributed by atoms with Crippen LogP contribution in [0.4, 0.5) is 5.69 Å². The van der Waals surface area contributed by atoms with Crippen molar-refractivity contribution in [1.29, 1.82) is 0 Å². The zero-order valence-electron chi connectivity index (χ0n) is 14.4. The first kappa shape index (κ1) is 17.6. The molecule has 25 heavy (non-hydrogen) atoms. The summed E-state index contributed by atoms with van der Waals surface area (Å²) in [7, 11) is 0. The highest BCUT2D eigenvalue weighted by Gasteiger charge is 2.27. The van der Waals surface area contributed by atoms with Crippen LogP contribution in [0.3, 0.4) is 0 Å². The standard InChI is InChI=1S/C21H25NO3/c23-15-14-16-10-12-18(13-11-16)22-21(24)20(17-6-2-1-3-7-17)25-19-8-4-5-9-19/h1-3,6-7,10-13,19-20,23H,4-5,8-9,14-15H2,(H,22,24). The molecule has 132 valence electrons. The van der Waals surface area contributed by atoms with Crippen LogP contribution in [0.15, 0.2) is 54.6 Å². The minimum Gasteiger partial charge on any atom is -0.396 e. The summed E-state index contributed by atoms with van der Waals surface area (Å²) in [5.74, 6) is -0.145. The zero-order chi connectivity index (χ0) is 17.5. The van der Waals surface area contributed by atoms with E-state index in [1.165, 1.54) is 12.8 Å². The Hall–Kier alpha value is -2.17. The summed E-state index contributed by atoms with van der Waals surface area (Å²) < 4.78 is 6.15. The Morgan fingerprint density at radius 1 is 1.08 bits per heavy atom. The van der Waals surface area contributed by atoms with Crippen molar-refractivity contribution < 1.29 is 14.6 Å². The van der Waals surface area contributed by atoms with Crippen molar-refractivity contribution >= 4 is 11.6 Å². The number of carbonyl (C=O) groups excluding carboxylic acids is 1. The summed E-state index contributed by atoms with van der Waals surface area (Å²) in [6.07, 6.45) is 4.55. The first-order valence-corrected chi connectivity index (χ1v) is 8.97. The van der Waals surface area contributed by atoms with Gasteiger partial charge < -0.3 is 15.2 Å². The Labute approximate surface area is 148 Å². The van der Waals surface area contributed by atoms with Gasteiger partial charge >= 0.3 is 0 Å². The normalized spacial score (nSPS) is 15.9. The summed E-state index contributed by atoms with van der Waals surface area (Å²) in [5, 5.41) is 11.9. The largest absolute Gasteiger partial charge is 0.396 e. The van der Waals surface area contributed by atoms with E-state index in [2.05, 4.69) is 5.32 Å². The molecule has 0 spiro atoms. The van der Waals surface area contributed by atoms with Crippen LogP contribution < -0.4 is 5.32 Å². The number of hydrogen-bond acceptors (Lipinski definition) is 3. The molecule has 0 heterocycles. The molecule has 1 atom stereocenters. The summed E-state index contributed by atoms with van der Waals surface area (Å²) in [6.45, 7) is 0.122. The summed E-state index contributed by atoms with van der Waals surface area (Å²) in [6, 6.07) is 17.2. The molecule has 2 N–H and O–H groups in total. The molecular weight excluding hydrogens is 314 g/mol. The Balaban J connectivity index is 1.71. The first-order valence-electron chi connectivity index (χ1n) is 8.97. The van der Waals surface area contributed by atoms with Crippen LogP contribution in [0, 0.1) is 0 Å². The van der Waals surface area contributed by atoms with Crippen LogP contribution in [0.5, 0.6) is 0 Å². The van der Waals surface area contributed by atoms with Crippen molar-refractivity contribution in [3.8, 4) is 0 Å². The number of aliphatic hydroxyl groups is 1. The average Bonchev–Trinajstić information content (AvgIpc) is 3.15. The number of benzene rings is 2. The summed E-state index contributed by atoms with van der Waals surface area (Å²) >= 11 is 0. The number of ether oxygens (including phenoxy) is 1. The Bertz CT molecular complexity index is 663. The third-order valence-electron chi connectivity index (χ3n) is 4.59. The fourth-order valence-corrected chi connectivity index (χ4v) is 3.23. The topological polar surface area (TPSA) is 58.6 Å². The van der Waals surface area contributed by atoms with Gasteiger partial charge in [-0.05, 0) is 42.5 Å². The number of nitrogens with one attached hydrogen (secondary N) is 1. The van der Waals surface area contributed by atoms with Crippen LogP contribution in [-0.2, 0) is 16.0 Å². The maximum absolute atomic E-state index is 12.8. The van der Waals surface area contributed by atoms with E-state index in [1.54, 1.807) is 0 Å². The quantitative estimate of drug-likeness (QED) is 0.805. The maximum atomic E-state index is 12.8. The van der Waals surface area contributed by atoms with Gasteiger partial charge in [-0.2, -0.15) is 0 Å². The van der Waals surface area contributed by atoms with E-state index in [4.69, 9.17) is 9.84 Å². The van der Waals surface area contributed by atoms with Gasteiger partial charge in [0, 0.05) is 12.3 Å². The molecule has 0 radical (unpaired) electrons. The maximum Gasteiger partial charge on any atom is 0.258 e. The highest BCUT2D eigenvalue weighted by Crippen LogP contribution is 2.28. The molecule has 1 aliphatic rings. The molecule has 0 saturated heterocycles. The van der Waals surface area contributed by atoms with Gasteiger partial charge in [-0.1, -0.05) is 55.3 Å². The third kappa shape index (κ3) is 4.91. The monoisotopic (exact) mass is 339 g/mol. The van der Waals surface area contributed by atoms with Crippen LogP contribution in [0.25, 0.3) is 0 Å². The second-order valence-electron chi connectivity index (χ2n) is 6.49. The highest BCUT2D eigenvalue weighted by molar-refractivity contribution is 5.94. The molecule has 2 aromatic carbocycles. The number of hydrogen-bond donors (Lipinski definition) is 2. The van der Waals surface area contributed by atoms with Crippen molar-refractivity contribution in [3.63, 3.8) is 0 Å². The number of aliphatic hydroxyl groups excluding tert-OH is 1. The van der Waals surface area contributed by atoms with Gasteiger partial charge in [0.25, 0.3) is 5.91 Å². The smallest absolute Gasteiger partial charge is 0.258 e. The second kappa shape index (κ2) is 8.79. The lowest BCUT2D eigenvalue weighted by atomic mass is 10.1. The summed E-state index contributed by atoms with van der Waals surface area (Å²) in [5.41, 5.74) is 2.66. The minimum absolute atomic E-state index is 0.122. The fourth-order valence-electron chi connectivity index (χ4n) is 3.23. The molecule has 1 amide bonds. The van der Waals surface area contributed by atoms with E-state index >= 15 is 0 Å². The molecule has 1 fully saturated rings. The molecule has 0 aliphatic heterocycles. The van der Waals surface area contributed by atoms with Crippen LogP contribution in [0.1, 0.15) is 42.9 Å². The van der Waals surface area contributed by atoms with Crippen molar-refractivity contribution in [3.05, 3.63) is 65.7 Å². The lowest BCUT2D eigenvalue weighted by molar-refractivity contribution is -0.131. The Morgan fingerprint density at radius 3 is 2.40 bits per heavy atom. The number of carbonyl (C=O) groups is 1. The molecule has 0 aromatic heterocycles. The van der Waals surface area contributed by atoms with Crippen LogP contribution in [0.2, 0.25) is 0 Å². The lowest BCUT2D eigenvalue weighted by Crippen LogP contribution is -2.26. The van der Waals surface area contributed by atoms with Gasteiger partial charge in [-0.3, -0.25) is 4.79 Å². The lowest BCUT2D eigenvalue weighted by Gasteiger charge is -2.22. The highest BCUT2D eigenvalue weighted by atomic mass is 16.5. The predicted molar refractivity (Wildman–Crippen MR) is 98.4 cm³/mol. The van der Waals surface area contributed by atoms with Crippen molar-refractivity contribution in [1.82, 2.24) is 0 Å². The van der Waals surface area contributed by atoms with Gasteiger partial charge in [0.1, 0.15) is 0 Å². The molecule has 3 rings (SSSR count). The molecule has 1 saturated carbocycles. The molecule has 4 nitrogen and oxygen atoms in total. The SMILES string of the molecule is O=C(Nc1ccc(CCO)cc1)C(OC1CCCC1)c1ccccc1. The second-order valence-corrected chi connectivity index (χ2v) is 6.49. The molecule has 1 unspecified atom stereocenters. The molecule has 2 aromatic rings. The Kier molecular flexibility index (Phi) is 6.20. The molecular formula is C21H25NO3. The van der Waals surface area contributed by atoms with Crippen molar-refractivity contribution in [2.45, 2.75) is 44.3 Å². The number of anilines is 1. The van der Waals surface area contributed by atoms with Gasteiger partial charge in [0.15, 0.2) is 6.10 Å². The van der Waals surface area contributed by atoms with Crippen molar-refractivity contribution in [2.24, 2.45) is 0 Å². The fraction of sp³-hybridized carbons (Fsp3) is 0.381. The zero-order valence-corrected chi connectivity index (χ0v) is 14.4. The van der Waals surface area contributed by atoms with E-state index in [9.17, 15) is 4.79 Å². The van der Waals surface area contributed by atoms with Gasteiger partial charge in [0.05, 0.1) is 6.10 Å². The van der Waals surface area contributed by atoms with Gasteiger partial charge in [-0.25, -0.2) is 0 Å². The molecule has 4 heteroatoms. The third-order valence-corrected chi connectivity index (χ3v) is 4.59. The van der Waals surface area contributed by atoms with E-state index in [-0.39, 0.29) is 18.6 Å². The number of rotatable bonds is 7. The average molecular weight is 339 g/mol.